The van der Waals surface area contributed by atoms with Crippen LogP contribution in [0.4, 0.5) is 4.79 Å². The number of benzene rings is 1. The summed E-state index contributed by atoms with van der Waals surface area (Å²) < 4.78 is 5.20. The van der Waals surface area contributed by atoms with E-state index in [1.165, 1.54) is 0 Å². The minimum atomic E-state index is -0.148. The van der Waals surface area contributed by atoms with Crippen molar-refractivity contribution in [2.45, 2.75) is 57.5 Å². The summed E-state index contributed by atoms with van der Waals surface area (Å²) in [6.45, 7) is 2.93. The number of amides is 2. The Morgan fingerprint density at radius 1 is 1.23 bits per heavy atom. The molecule has 2 bridgehead atoms. The van der Waals surface area contributed by atoms with Crippen LogP contribution in [0.2, 0.25) is 5.02 Å². The number of carbonyl (C=O) groups is 2. The molecule has 142 valence electrons. The molecule has 0 aromatic heterocycles. The van der Waals surface area contributed by atoms with Gasteiger partial charge in [0.2, 0.25) is 0 Å². The predicted octanol–water partition coefficient (Wildman–Crippen LogP) is 4.25. The highest BCUT2D eigenvalue weighted by Crippen LogP contribution is 2.40. The fourth-order valence-corrected chi connectivity index (χ4v) is 4.58. The third-order valence-electron chi connectivity index (χ3n) is 5.50. The molecule has 2 amide bonds. The van der Waals surface area contributed by atoms with E-state index in [0.29, 0.717) is 41.7 Å². The van der Waals surface area contributed by atoms with Crippen LogP contribution in [0.25, 0.3) is 0 Å². The highest BCUT2D eigenvalue weighted by Gasteiger charge is 2.43. The molecule has 2 fully saturated rings. The number of rotatable bonds is 6. The second-order valence-corrected chi connectivity index (χ2v) is 7.61. The average Bonchev–Trinajstić information content (AvgIpc) is 2.90. The van der Waals surface area contributed by atoms with Gasteiger partial charge in [-0.25, -0.2) is 4.79 Å². The van der Waals surface area contributed by atoms with Crippen molar-refractivity contribution in [3.63, 3.8) is 0 Å². The molecule has 2 atom stereocenters. The van der Waals surface area contributed by atoms with Crippen molar-refractivity contribution in [3.8, 4) is 0 Å². The van der Waals surface area contributed by atoms with Crippen molar-refractivity contribution in [1.29, 1.82) is 0 Å². The van der Waals surface area contributed by atoms with Gasteiger partial charge in [0.1, 0.15) is 0 Å². The van der Waals surface area contributed by atoms with Gasteiger partial charge in [-0.1, -0.05) is 23.7 Å². The van der Waals surface area contributed by atoms with Crippen LogP contribution in [-0.4, -0.2) is 42.1 Å². The summed E-state index contributed by atoms with van der Waals surface area (Å²) in [5.74, 6) is 0.503. The van der Waals surface area contributed by atoms with E-state index >= 15 is 0 Å². The molecule has 0 aliphatic carbocycles. The summed E-state index contributed by atoms with van der Waals surface area (Å²) in [6, 6.07) is 7.75. The van der Waals surface area contributed by atoms with E-state index in [2.05, 4.69) is 5.32 Å². The maximum atomic E-state index is 12.2. The van der Waals surface area contributed by atoms with E-state index in [-0.39, 0.29) is 12.0 Å². The maximum absolute atomic E-state index is 12.2. The number of carbonyl (C=O) groups excluding carboxylic acids is 2. The zero-order valence-electron chi connectivity index (χ0n) is 15.2. The highest BCUT2D eigenvalue weighted by atomic mass is 35.5. The number of ether oxygens (including phenoxy) is 1. The first-order chi connectivity index (χ1) is 12.6. The first kappa shape index (κ1) is 19.0. The Balaban J connectivity index is 1.41. The molecule has 26 heavy (non-hydrogen) atoms. The summed E-state index contributed by atoms with van der Waals surface area (Å²) in [5, 5.41) is 3.43. The van der Waals surface area contributed by atoms with E-state index in [1.54, 1.807) is 12.1 Å². The quantitative estimate of drug-likeness (QED) is 0.753. The van der Waals surface area contributed by atoms with Crippen molar-refractivity contribution >= 4 is 23.6 Å². The van der Waals surface area contributed by atoms with Crippen LogP contribution in [0.15, 0.2) is 24.3 Å². The van der Waals surface area contributed by atoms with Gasteiger partial charge in [-0.2, -0.15) is 0 Å². The van der Waals surface area contributed by atoms with Gasteiger partial charge in [-0.15, -0.1) is 0 Å². The summed E-state index contributed by atoms with van der Waals surface area (Å²) in [6.07, 6.45) is 6.14. The maximum Gasteiger partial charge on any atom is 0.410 e. The third kappa shape index (κ3) is 4.32. The van der Waals surface area contributed by atoms with Gasteiger partial charge in [-0.05, 0) is 63.5 Å². The molecule has 3 rings (SSSR count). The Kier molecular flexibility index (Phi) is 6.41. The Hall–Kier alpha value is -1.75. The van der Waals surface area contributed by atoms with Gasteiger partial charge < -0.3 is 15.0 Å². The first-order valence-electron chi connectivity index (χ1n) is 9.58. The summed E-state index contributed by atoms with van der Waals surface area (Å²) in [7, 11) is 0. The predicted molar refractivity (Wildman–Crippen MR) is 101 cm³/mol. The van der Waals surface area contributed by atoms with Crippen molar-refractivity contribution in [2.24, 2.45) is 5.92 Å². The smallest absolute Gasteiger partial charge is 0.410 e. The molecule has 1 aromatic rings. The van der Waals surface area contributed by atoms with Crippen molar-refractivity contribution < 1.29 is 14.3 Å². The lowest BCUT2D eigenvalue weighted by atomic mass is 9.87. The lowest BCUT2D eigenvalue weighted by molar-refractivity contribution is 0.0588. The molecule has 0 saturated carbocycles. The van der Waals surface area contributed by atoms with Crippen LogP contribution in [0.1, 0.15) is 55.8 Å². The monoisotopic (exact) mass is 378 g/mol. The van der Waals surface area contributed by atoms with Crippen molar-refractivity contribution in [1.82, 2.24) is 10.2 Å². The molecule has 2 heterocycles. The molecular weight excluding hydrogens is 352 g/mol. The number of hydrogen-bond acceptors (Lipinski definition) is 3. The van der Waals surface area contributed by atoms with Crippen molar-refractivity contribution in [2.75, 3.05) is 13.2 Å². The van der Waals surface area contributed by atoms with Gasteiger partial charge in [0.25, 0.3) is 5.91 Å². The number of nitrogens with one attached hydrogen (secondary N) is 1. The van der Waals surface area contributed by atoms with Crippen LogP contribution >= 0.6 is 11.6 Å². The Morgan fingerprint density at radius 2 is 1.92 bits per heavy atom. The minimum Gasteiger partial charge on any atom is -0.450 e. The topological polar surface area (TPSA) is 58.6 Å². The summed E-state index contributed by atoms with van der Waals surface area (Å²) in [4.78, 5) is 26.2. The van der Waals surface area contributed by atoms with E-state index in [0.717, 1.165) is 38.5 Å². The zero-order chi connectivity index (χ0) is 18.5. The summed E-state index contributed by atoms with van der Waals surface area (Å²) in [5.41, 5.74) is 0.523. The molecule has 6 heteroatoms. The number of halogens is 1. The fraction of sp³-hybridized carbons (Fsp3) is 0.600. The highest BCUT2D eigenvalue weighted by molar-refractivity contribution is 6.33. The van der Waals surface area contributed by atoms with Gasteiger partial charge in [0.15, 0.2) is 0 Å². The zero-order valence-corrected chi connectivity index (χ0v) is 16.0. The van der Waals surface area contributed by atoms with Crippen LogP contribution in [-0.2, 0) is 4.74 Å². The lowest BCUT2D eigenvalue weighted by Crippen LogP contribution is -2.46. The average molecular weight is 379 g/mol. The molecule has 1 aromatic carbocycles. The van der Waals surface area contributed by atoms with Gasteiger partial charge >= 0.3 is 6.09 Å². The second kappa shape index (κ2) is 8.76. The number of nitrogens with zero attached hydrogens (tertiary/aromatic N) is 1. The standard InChI is InChI=1S/C20H27ClN2O3/c1-2-26-20(25)23-15-9-10-16(23)13-14(12-15)6-5-11-22-19(24)17-7-3-4-8-18(17)21/h3-4,7-8,14-16H,2,5-6,9-13H2,1H3,(H,22,24). The Labute approximate surface area is 160 Å². The molecule has 0 spiro atoms. The molecule has 2 aliphatic heterocycles. The summed E-state index contributed by atoms with van der Waals surface area (Å²) >= 11 is 6.05. The molecule has 2 saturated heterocycles. The molecule has 5 nitrogen and oxygen atoms in total. The number of piperidine rings is 1. The molecule has 0 radical (unpaired) electrons. The Bertz CT molecular complexity index is 638. The number of fused-ring (bicyclic) bond motifs is 2. The molecular formula is C20H27ClN2O3. The van der Waals surface area contributed by atoms with Gasteiger partial charge in [0, 0.05) is 18.6 Å². The third-order valence-corrected chi connectivity index (χ3v) is 5.83. The van der Waals surface area contributed by atoms with E-state index < -0.39 is 0 Å². The largest absolute Gasteiger partial charge is 0.450 e. The molecule has 1 N–H and O–H groups in total. The second-order valence-electron chi connectivity index (χ2n) is 7.21. The number of hydrogen-bond donors (Lipinski definition) is 1. The van der Waals surface area contributed by atoms with E-state index in [1.807, 2.05) is 24.0 Å². The molecule has 2 unspecified atom stereocenters. The molecule has 2 aliphatic rings. The van der Waals surface area contributed by atoms with Crippen LogP contribution in [0.5, 0.6) is 0 Å². The van der Waals surface area contributed by atoms with Crippen LogP contribution in [0, 0.1) is 5.92 Å². The SMILES string of the molecule is CCOC(=O)N1C2CCC1CC(CCCNC(=O)c1ccccc1Cl)C2. The fourth-order valence-electron chi connectivity index (χ4n) is 4.35. The van der Waals surface area contributed by atoms with E-state index in [9.17, 15) is 9.59 Å². The van der Waals surface area contributed by atoms with Crippen LogP contribution in [0.3, 0.4) is 0 Å². The lowest BCUT2D eigenvalue weighted by Gasteiger charge is -2.38. The van der Waals surface area contributed by atoms with Crippen LogP contribution < -0.4 is 5.32 Å². The first-order valence-corrected chi connectivity index (χ1v) is 9.95. The minimum absolute atomic E-state index is 0.118. The Morgan fingerprint density at radius 3 is 2.58 bits per heavy atom. The van der Waals surface area contributed by atoms with Gasteiger partial charge in [0.05, 0.1) is 17.2 Å². The van der Waals surface area contributed by atoms with Crippen molar-refractivity contribution in [3.05, 3.63) is 34.9 Å². The normalized spacial score (nSPS) is 24.4. The van der Waals surface area contributed by atoms with Gasteiger partial charge in [-0.3, -0.25) is 4.79 Å². The van der Waals surface area contributed by atoms with E-state index in [4.69, 9.17) is 16.3 Å².